The summed E-state index contributed by atoms with van der Waals surface area (Å²) in [4.78, 5) is 22.9. The van der Waals surface area contributed by atoms with E-state index in [2.05, 4.69) is 15.5 Å². The van der Waals surface area contributed by atoms with Crippen molar-refractivity contribution in [1.82, 2.24) is 4.98 Å². The maximum Gasteiger partial charge on any atom is 0.265 e. The SMILES string of the molecule is Nc1ccccc1NC(=O)c1ccc(CON=Cc2ccncc2)s1. The minimum atomic E-state index is -0.200. The zero-order valence-corrected chi connectivity index (χ0v) is 14.1. The first-order valence-electron chi connectivity index (χ1n) is 7.52. The van der Waals surface area contributed by atoms with E-state index >= 15 is 0 Å². The van der Waals surface area contributed by atoms with Gasteiger partial charge in [0.15, 0.2) is 6.61 Å². The van der Waals surface area contributed by atoms with Crippen molar-refractivity contribution in [3.8, 4) is 0 Å². The molecular formula is C18H16N4O2S. The largest absolute Gasteiger partial charge is 0.397 e. The fraction of sp³-hybridized carbons (Fsp3) is 0.0556. The molecule has 0 saturated carbocycles. The van der Waals surface area contributed by atoms with Crippen LogP contribution in [0, 0.1) is 0 Å². The van der Waals surface area contributed by atoms with E-state index in [1.54, 1.807) is 36.8 Å². The Bertz CT molecular complexity index is 878. The number of hydrogen-bond acceptors (Lipinski definition) is 6. The van der Waals surface area contributed by atoms with Crippen LogP contribution in [0.5, 0.6) is 0 Å². The molecule has 0 atom stereocenters. The number of nitrogens with two attached hydrogens (primary N) is 1. The lowest BCUT2D eigenvalue weighted by molar-refractivity contribution is 0.103. The van der Waals surface area contributed by atoms with E-state index in [9.17, 15) is 4.79 Å². The number of benzene rings is 1. The number of amides is 1. The summed E-state index contributed by atoms with van der Waals surface area (Å²) in [6, 6.07) is 14.4. The lowest BCUT2D eigenvalue weighted by atomic mass is 10.2. The Hall–Kier alpha value is -3.19. The van der Waals surface area contributed by atoms with Crippen molar-refractivity contribution in [2.75, 3.05) is 11.1 Å². The van der Waals surface area contributed by atoms with Crippen LogP contribution in [0.4, 0.5) is 11.4 Å². The highest BCUT2D eigenvalue weighted by Gasteiger charge is 2.11. The summed E-state index contributed by atoms with van der Waals surface area (Å²) in [6.45, 7) is 0.299. The molecule has 0 aliphatic rings. The fourth-order valence-corrected chi connectivity index (χ4v) is 2.83. The number of carbonyl (C=O) groups is 1. The average molecular weight is 352 g/mol. The molecule has 7 heteroatoms. The molecule has 3 N–H and O–H groups in total. The van der Waals surface area contributed by atoms with Crippen LogP contribution in [0.2, 0.25) is 0 Å². The number of oxime groups is 1. The van der Waals surface area contributed by atoms with Gasteiger partial charge in [-0.05, 0) is 42.0 Å². The van der Waals surface area contributed by atoms with Crippen LogP contribution in [-0.2, 0) is 11.4 Å². The van der Waals surface area contributed by atoms with E-state index in [0.717, 1.165) is 10.4 Å². The molecule has 0 aliphatic carbocycles. The monoisotopic (exact) mass is 352 g/mol. The molecule has 1 amide bonds. The van der Waals surface area contributed by atoms with E-state index < -0.39 is 0 Å². The molecule has 0 bridgehead atoms. The van der Waals surface area contributed by atoms with Gasteiger partial charge >= 0.3 is 0 Å². The Balaban J connectivity index is 1.54. The van der Waals surface area contributed by atoms with E-state index in [0.29, 0.717) is 22.9 Å². The Kier molecular flexibility index (Phi) is 5.38. The van der Waals surface area contributed by atoms with Gasteiger partial charge in [0.1, 0.15) is 0 Å². The fourth-order valence-electron chi connectivity index (χ4n) is 2.02. The molecule has 25 heavy (non-hydrogen) atoms. The summed E-state index contributed by atoms with van der Waals surface area (Å²) in [5.74, 6) is -0.200. The first-order chi connectivity index (χ1) is 12.2. The minimum Gasteiger partial charge on any atom is -0.397 e. The van der Waals surface area contributed by atoms with E-state index in [-0.39, 0.29) is 5.91 Å². The predicted molar refractivity (Wildman–Crippen MR) is 99.7 cm³/mol. The molecule has 1 aromatic carbocycles. The molecule has 0 saturated heterocycles. The second-order valence-corrected chi connectivity index (χ2v) is 6.26. The first kappa shape index (κ1) is 16.7. The number of carbonyl (C=O) groups excluding carboxylic acids is 1. The molecule has 0 radical (unpaired) electrons. The molecule has 0 fully saturated rings. The van der Waals surface area contributed by atoms with Gasteiger partial charge in [-0.25, -0.2) is 0 Å². The second-order valence-electron chi connectivity index (χ2n) is 5.10. The van der Waals surface area contributed by atoms with Crippen LogP contribution in [0.15, 0.2) is 66.1 Å². The number of nitrogen functional groups attached to an aromatic ring is 1. The van der Waals surface area contributed by atoms with Crippen molar-refractivity contribution in [2.24, 2.45) is 5.16 Å². The lowest BCUT2D eigenvalue weighted by Gasteiger charge is -2.06. The molecule has 2 heterocycles. The summed E-state index contributed by atoms with van der Waals surface area (Å²) >= 11 is 1.35. The van der Waals surface area contributed by atoms with Crippen LogP contribution in [-0.4, -0.2) is 17.1 Å². The average Bonchev–Trinajstić information content (AvgIpc) is 3.11. The third-order valence-electron chi connectivity index (χ3n) is 3.28. The molecule has 3 aromatic rings. The third-order valence-corrected chi connectivity index (χ3v) is 4.34. The number of nitrogens with one attached hydrogen (secondary N) is 1. The zero-order chi connectivity index (χ0) is 17.5. The number of anilines is 2. The van der Waals surface area contributed by atoms with E-state index in [1.807, 2.05) is 30.3 Å². The Labute approximate surface area is 149 Å². The third kappa shape index (κ3) is 4.65. The highest BCUT2D eigenvalue weighted by atomic mass is 32.1. The van der Waals surface area contributed by atoms with Crippen LogP contribution < -0.4 is 11.1 Å². The quantitative estimate of drug-likeness (QED) is 0.403. The number of pyridine rings is 1. The smallest absolute Gasteiger partial charge is 0.265 e. The number of thiophene rings is 1. The van der Waals surface area contributed by atoms with Gasteiger partial charge in [-0.2, -0.15) is 0 Å². The molecule has 6 nitrogen and oxygen atoms in total. The predicted octanol–water partition coefficient (Wildman–Crippen LogP) is 3.53. The van der Waals surface area contributed by atoms with Crippen molar-refractivity contribution in [3.05, 3.63) is 76.2 Å². The minimum absolute atomic E-state index is 0.200. The zero-order valence-electron chi connectivity index (χ0n) is 13.3. The molecule has 0 unspecified atom stereocenters. The summed E-state index contributed by atoms with van der Waals surface area (Å²) in [7, 11) is 0. The van der Waals surface area contributed by atoms with Gasteiger partial charge in [0.05, 0.1) is 22.5 Å². The number of aromatic nitrogens is 1. The van der Waals surface area contributed by atoms with Crippen molar-refractivity contribution in [3.63, 3.8) is 0 Å². The van der Waals surface area contributed by atoms with Gasteiger partial charge in [0.2, 0.25) is 0 Å². The maximum atomic E-state index is 12.3. The van der Waals surface area contributed by atoms with Gasteiger partial charge in [0.25, 0.3) is 5.91 Å². The van der Waals surface area contributed by atoms with E-state index in [1.165, 1.54) is 11.3 Å². The Morgan fingerprint density at radius 2 is 2.00 bits per heavy atom. The normalized spacial score (nSPS) is 10.7. The summed E-state index contributed by atoms with van der Waals surface area (Å²) in [5, 5.41) is 6.71. The van der Waals surface area contributed by atoms with Gasteiger partial charge in [-0.3, -0.25) is 9.78 Å². The standard InChI is InChI=1S/C18H16N4O2S/c19-15-3-1-2-4-16(15)22-18(23)17-6-5-14(25-17)12-24-21-11-13-7-9-20-10-8-13/h1-11H,12,19H2,(H,22,23). The number of hydrogen-bond donors (Lipinski definition) is 2. The van der Waals surface area contributed by atoms with Gasteiger partial charge in [-0.1, -0.05) is 17.3 Å². The molecule has 3 rings (SSSR count). The van der Waals surface area contributed by atoms with Crippen molar-refractivity contribution >= 4 is 34.8 Å². The molecule has 126 valence electrons. The highest BCUT2D eigenvalue weighted by molar-refractivity contribution is 7.14. The van der Waals surface area contributed by atoms with Crippen LogP contribution in [0.3, 0.4) is 0 Å². The number of nitrogens with zero attached hydrogens (tertiary/aromatic N) is 2. The molecule has 0 spiro atoms. The molecule has 2 aromatic heterocycles. The first-order valence-corrected chi connectivity index (χ1v) is 8.34. The summed E-state index contributed by atoms with van der Waals surface area (Å²) in [5.41, 5.74) is 7.86. The van der Waals surface area contributed by atoms with Crippen LogP contribution in [0.25, 0.3) is 0 Å². The van der Waals surface area contributed by atoms with E-state index in [4.69, 9.17) is 10.6 Å². The number of rotatable bonds is 6. The lowest BCUT2D eigenvalue weighted by Crippen LogP contribution is -2.11. The Morgan fingerprint density at radius 1 is 1.20 bits per heavy atom. The van der Waals surface area contributed by atoms with Crippen molar-refractivity contribution in [1.29, 1.82) is 0 Å². The van der Waals surface area contributed by atoms with Crippen molar-refractivity contribution in [2.45, 2.75) is 6.61 Å². The van der Waals surface area contributed by atoms with Gasteiger partial charge in [0, 0.05) is 17.3 Å². The summed E-state index contributed by atoms with van der Waals surface area (Å²) < 4.78 is 0. The van der Waals surface area contributed by atoms with Crippen molar-refractivity contribution < 1.29 is 9.63 Å². The molecule has 0 aliphatic heterocycles. The highest BCUT2D eigenvalue weighted by Crippen LogP contribution is 2.21. The van der Waals surface area contributed by atoms with Gasteiger partial charge in [-0.15, -0.1) is 11.3 Å². The van der Waals surface area contributed by atoms with Crippen LogP contribution >= 0.6 is 11.3 Å². The molecular weight excluding hydrogens is 336 g/mol. The summed E-state index contributed by atoms with van der Waals surface area (Å²) in [6.07, 6.45) is 4.98. The topological polar surface area (TPSA) is 89.6 Å². The number of para-hydroxylation sites is 2. The van der Waals surface area contributed by atoms with Crippen LogP contribution in [0.1, 0.15) is 20.1 Å². The second kappa shape index (κ2) is 8.07. The Morgan fingerprint density at radius 3 is 2.80 bits per heavy atom. The maximum absolute atomic E-state index is 12.3. The van der Waals surface area contributed by atoms with Gasteiger partial charge < -0.3 is 15.9 Å².